The Kier molecular flexibility index (Phi) is 3.60. The van der Waals surface area contributed by atoms with E-state index in [0.717, 1.165) is 25.3 Å². The van der Waals surface area contributed by atoms with Crippen LogP contribution >= 0.6 is 0 Å². The maximum Gasteiger partial charge on any atom is 0.119 e. The van der Waals surface area contributed by atoms with E-state index in [2.05, 4.69) is 39.4 Å². The molecule has 0 bridgehead atoms. The van der Waals surface area contributed by atoms with Crippen LogP contribution in [0.4, 0.5) is 5.69 Å². The Bertz CT molecular complexity index is 564. The van der Waals surface area contributed by atoms with E-state index in [9.17, 15) is 0 Å². The summed E-state index contributed by atoms with van der Waals surface area (Å²) in [6, 6.07) is 8.58. The zero-order valence-corrected chi connectivity index (χ0v) is 11.9. The SMILES string of the molecule is COc1ccc(N(C)CC2Cc3nc[nH]c3CN2)cc1. The summed E-state index contributed by atoms with van der Waals surface area (Å²) >= 11 is 0. The minimum atomic E-state index is 0.429. The maximum absolute atomic E-state index is 5.19. The number of anilines is 1. The van der Waals surface area contributed by atoms with E-state index >= 15 is 0 Å². The minimum absolute atomic E-state index is 0.429. The van der Waals surface area contributed by atoms with Gasteiger partial charge in [0.2, 0.25) is 0 Å². The Morgan fingerprint density at radius 1 is 1.35 bits per heavy atom. The van der Waals surface area contributed by atoms with Crippen molar-refractivity contribution in [3.63, 3.8) is 0 Å². The van der Waals surface area contributed by atoms with Crippen molar-refractivity contribution in [1.29, 1.82) is 0 Å². The number of nitrogens with one attached hydrogen (secondary N) is 2. The average Bonchev–Trinajstić information content (AvgIpc) is 2.95. The lowest BCUT2D eigenvalue weighted by atomic mass is 10.0. The normalized spacial score (nSPS) is 17.6. The summed E-state index contributed by atoms with van der Waals surface area (Å²) in [5, 5.41) is 3.55. The van der Waals surface area contributed by atoms with E-state index in [4.69, 9.17) is 4.74 Å². The highest BCUT2D eigenvalue weighted by Crippen LogP contribution is 2.19. The molecule has 0 amide bonds. The third-order valence-electron chi connectivity index (χ3n) is 3.82. The first kappa shape index (κ1) is 13.0. The number of hydrogen-bond donors (Lipinski definition) is 2. The number of fused-ring (bicyclic) bond motifs is 1. The first-order valence-corrected chi connectivity index (χ1v) is 6.86. The van der Waals surface area contributed by atoms with Crippen molar-refractivity contribution < 1.29 is 4.74 Å². The highest BCUT2D eigenvalue weighted by atomic mass is 16.5. The Hall–Kier alpha value is -2.01. The molecule has 2 heterocycles. The molecule has 0 spiro atoms. The fourth-order valence-corrected chi connectivity index (χ4v) is 2.63. The second-order valence-corrected chi connectivity index (χ2v) is 5.19. The lowest BCUT2D eigenvalue weighted by molar-refractivity contribution is 0.414. The predicted molar refractivity (Wildman–Crippen MR) is 79.2 cm³/mol. The molecule has 1 unspecified atom stereocenters. The summed E-state index contributed by atoms with van der Waals surface area (Å²) in [5.41, 5.74) is 3.60. The van der Waals surface area contributed by atoms with Gasteiger partial charge in [0.15, 0.2) is 0 Å². The van der Waals surface area contributed by atoms with Gasteiger partial charge in [0.25, 0.3) is 0 Å². The summed E-state index contributed by atoms with van der Waals surface area (Å²) in [5.74, 6) is 0.888. The molecular formula is C15H20N4O. The van der Waals surface area contributed by atoms with Gasteiger partial charge in [-0.15, -0.1) is 0 Å². The molecule has 1 aliphatic rings. The number of methoxy groups -OCH3 is 1. The van der Waals surface area contributed by atoms with Crippen molar-refractivity contribution >= 4 is 5.69 Å². The van der Waals surface area contributed by atoms with Crippen LogP contribution < -0.4 is 15.0 Å². The molecule has 0 aliphatic carbocycles. The highest BCUT2D eigenvalue weighted by Gasteiger charge is 2.21. The van der Waals surface area contributed by atoms with Gasteiger partial charge in [0, 0.05) is 38.3 Å². The number of rotatable bonds is 4. The molecule has 1 aromatic heterocycles. The van der Waals surface area contributed by atoms with Crippen molar-refractivity contribution in [1.82, 2.24) is 15.3 Å². The number of hydrogen-bond acceptors (Lipinski definition) is 4. The Labute approximate surface area is 119 Å². The first-order chi connectivity index (χ1) is 9.76. The van der Waals surface area contributed by atoms with Gasteiger partial charge in [0.05, 0.1) is 24.8 Å². The predicted octanol–water partition coefficient (Wildman–Crippen LogP) is 1.57. The lowest BCUT2D eigenvalue weighted by Crippen LogP contribution is -2.43. The van der Waals surface area contributed by atoms with Crippen LogP contribution in [-0.2, 0) is 13.0 Å². The molecule has 2 aromatic rings. The number of likely N-dealkylation sites (N-methyl/N-ethyl adjacent to an activating group) is 1. The summed E-state index contributed by atoms with van der Waals surface area (Å²) in [7, 11) is 3.80. The molecule has 0 saturated carbocycles. The molecule has 3 rings (SSSR count). The van der Waals surface area contributed by atoms with Gasteiger partial charge in [-0.05, 0) is 24.3 Å². The van der Waals surface area contributed by atoms with E-state index in [-0.39, 0.29) is 0 Å². The molecule has 2 N–H and O–H groups in total. The van der Waals surface area contributed by atoms with Gasteiger partial charge in [-0.2, -0.15) is 0 Å². The highest BCUT2D eigenvalue weighted by molar-refractivity contribution is 5.48. The molecule has 5 heteroatoms. The van der Waals surface area contributed by atoms with E-state index < -0.39 is 0 Å². The van der Waals surface area contributed by atoms with E-state index in [1.165, 1.54) is 17.1 Å². The number of aromatic amines is 1. The molecule has 5 nitrogen and oxygen atoms in total. The van der Waals surface area contributed by atoms with Crippen LogP contribution in [0.5, 0.6) is 5.75 Å². The largest absolute Gasteiger partial charge is 0.497 e. The van der Waals surface area contributed by atoms with Crippen molar-refractivity contribution in [3.8, 4) is 5.75 Å². The van der Waals surface area contributed by atoms with Gasteiger partial charge >= 0.3 is 0 Å². The number of benzene rings is 1. The average molecular weight is 272 g/mol. The van der Waals surface area contributed by atoms with Gasteiger partial charge < -0.3 is 19.9 Å². The molecule has 0 fully saturated rings. The van der Waals surface area contributed by atoms with E-state index in [0.29, 0.717) is 6.04 Å². The number of ether oxygens (including phenoxy) is 1. The molecule has 1 aromatic carbocycles. The standard InChI is InChI=1S/C15H20N4O/c1-19(12-3-5-13(20-2)6-4-12)9-11-7-14-15(8-16-11)18-10-17-14/h3-6,10-11,16H,7-9H2,1-2H3,(H,17,18). The second-order valence-electron chi connectivity index (χ2n) is 5.19. The quantitative estimate of drug-likeness (QED) is 0.887. The topological polar surface area (TPSA) is 53.2 Å². The minimum Gasteiger partial charge on any atom is -0.497 e. The van der Waals surface area contributed by atoms with Crippen molar-refractivity contribution in [2.75, 3.05) is 25.6 Å². The van der Waals surface area contributed by atoms with Crippen LogP contribution in [0.2, 0.25) is 0 Å². The monoisotopic (exact) mass is 272 g/mol. The number of nitrogens with zero attached hydrogens (tertiary/aromatic N) is 2. The van der Waals surface area contributed by atoms with Gasteiger partial charge in [0.1, 0.15) is 5.75 Å². The van der Waals surface area contributed by atoms with Crippen LogP contribution in [0.15, 0.2) is 30.6 Å². The van der Waals surface area contributed by atoms with E-state index in [1.54, 1.807) is 13.4 Å². The van der Waals surface area contributed by atoms with Crippen LogP contribution in [0.1, 0.15) is 11.4 Å². The third-order valence-corrected chi connectivity index (χ3v) is 3.82. The summed E-state index contributed by atoms with van der Waals surface area (Å²) < 4.78 is 5.19. The summed E-state index contributed by atoms with van der Waals surface area (Å²) in [4.78, 5) is 9.81. The molecule has 1 aliphatic heterocycles. The van der Waals surface area contributed by atoms with Crippen molar-refractivity contribution in [2.24, 2.45) is 0 Å². The van der Waals surface area contributed by atoms with Crippen LogP contribution in [0.3, 0.4) is 0 Å². The molecular weight excluding hydrogens is 252 g/mol. The Morgan fingerprint density at radius 3 is 2.90 bits per heavy atom. The van der Waals surface area contributed by atoms with Gasteiger partial charge in [-0.1, -0.05) is 0 Å². The summed E-state index contributed by atoms with van der Waals surface area (Å²) in [6.07, 6.45) is 2.75. The number of imidazole rings is 1. The molecule has 0 saturated heterocycles. The smallest absolute Gasteiger partial charge is 0.119 e. The lowest BCUT2D eigenvalue weighted by Gasteiger charge is -2.29. The fourth-order valence-electron chi connectivity index (χ4n) is 2.63. The van der Waals surface area contributed by atoms with Gasteiger partial charge in [-0.25, -0.2) is 4.98 Å². The number of aromatic nitrogens is 2. The second kappa shape index (κ2) is 5.54. The maximum atomic E-state index is 5.19. The number of H-pyrrole nitrogens is 1. The summed E-state index contributed by atoms with van der Waals surface area (Å²) in [6.45, 7) is 1.83. The van der Waals surface area contributed by atoms with Crippen LogP contribution in [0.25, 0.3) is 0 Å². The van der Waals surface area contributed by atoms with Crippen LogP contribution in [0, 0.1) is 0 Å². The Morgan fingerprint density at radius 2 is 2.15 bits per heavy atom. The Balaban J connectivity index is 1.63. The van der Waals surface area contributed by atoms with Crippen molar-refractivity contribution in [2.45, 2.75) is 19.0 Å². The molecule has 0 radical (unpaired) electrons. The van der Waals surface area contributed by atoms with Crippen molar-refractivity contribution in [3.05, 3.63) is 42.0 Å². The van der Waals surface area contributed by atoms with E-state index in [1.807, 2.05) is 12.1 Å². The first-order valence-electron chi connectivity index (χ1n) is 6.86. The molecule has 20 heavy (non-hydrogen) atoms. The van der Waals surface area contributed by atoms with Gasteiger partial charge in [-0.3, -0.25) is 0 Å². The zero-order valence-electron chi connectivity index (χ0n) is 11.9. The van der Waals surface area contributed by atoms with Crippen LogP contribution in [-0.4, -0.2) is 36.7 Å². The molecule has 1 atom stereocenters. The third kappa shape index (κ3) is 2.63. The zero-order chi connectivity index (χ0) is 13.9. The fraction of sp³-hybridized carbons (Fsp3) is 0.400. The molecule has 106 valence electrons.